The highest BCUT2D eigenvalue weighted by Gasteiger charge is 2.51. The molecule has 2 heterocycles. The molecule has 222 valence electrons. The third-order valence-electron chi connectivity index (χ3n) is 6.42. The summed E-state index contributed by atoms with van der Waals surface area (Å²) >= 11 is 6.36. The number of methoxy groups -OCH3 is 1. The van der Waals surface area contributed by atoms with Crippen molar-refractivity contribution in [2.24, 2.45) is 12.5 Å². The molecule has 1 aromatic heterocycles. The van der Waals surface area contributed by atoms with E-state index in [4.69, 9.17) is 16.3 Å². The van der Waals surface area contributed by atoms with Gasteiger partial charge in [0.2, 0.25) is 0 Å². The minimum atomic E-state index is -5.57. The molecule has 41 heavy (non-hydrogen) atoms. The Morgan fingerprint density at radius 3 is 2.51 bits per heavy atom. The molecule has 11 nitrogen and oxygen atoms in total. The molecule has 3 aromatic rings. The van der Waals surface area contributed by atoms with Crippen molar-refractivity contribution >= 4 is 55.7 Å². The predicted molar refractivity (Wildman–Crippen MR) is 142 cm³/mol. The zero-order valence-electron chi connectivity index (χ0n) is 22.0. The standard InChI is InChI=1S/C24H24ClF4N5O6S/c1-13-15(6-7-16-18(13)21(35)32(3)12-30-16)31-20-14(26)5-8-17(19(20)25)34(40-22(36)24(27,28)29)41(37,38)33-9-23(2,10-33)11-39-4/h5-8,12,31H,9-11H2,1-4H3. The first-order valence-corrected chi connectivity index (χ1v) is 13.6. The maximum Gasteiger partial charge on any atom is 0.493 e. The number of nitrogens with zero attached hydrogens (tertiary/aromatic N) is 4. The number of alkyl halides is 3. The summed E-state index contributed by atoms with van der Waals surface area (Å²) in [5.74, 6) is -3.86. The second-order valence-corrected chi connectivity index (χ2v) is 11.9. The van der Waals surface area contributed by atoms with Crippen LogP contribution in [0.15, 0.2) is 35.4 Å². The molecule has 2 aromatic carbocycles. The highest BCUT2D eigenvalue weighted by molar-refractivity contribution is 7.90. The second-order valence-electron chi connectivity index (χ2n) is 9.80. The number of hydrogen-bond acceptors (Lipinski definition) is 8. The third-order valence-corrected chi connectivity index (χ3v) is 8.40. The number of ether oxygens (including phenoxy) is 1. The van der Waals surface area contributed by atoms with E-state index in [1.807, 2.05) is 0 Å². The number of anilines is 3. The first-order chi connectivity index (χ1) is 19.0. The number of nitrogens with one attached hydrogen (secondary N) is 1. The molecule has 0 radical (unpaired) electrons. The molecule has 0 unspecified atom stereocenters. The van der Waals surface area contributed by atoms with Crippen molar-refractivity contribution in [3.63, 3.8) is 0 Å². The third kappa shape index (κ3) is 5.68. The second kappa shape index (κ2) is 10.7. The fourth-order valence-corrected chi connectivity index (χ4v) is 6.43. The smallest absolute Gasteiger partial charge is 0.384 e. The van der Waals surface area contributed by atoms with Crippen LogP contribution in [0.3, 0.4) is 0 Å². The molecular formula is C24H24ClF4N5O6S. The van der Waals surface area contributed by atoms with Gasteiger partial charge in [-0.15, -0.1) is 0 Å². The van der Waals surface area contributed by atoms with Crippen molar-refractivity contribution in [2.45, 2.75) is 20.0 Å². The molecule has 1 aliphatic heterocycles. The fourth-order valence-electron chi connectivity index (χ4n) is 4.38. The monoisotopic (exact) mass is 621 g/mol. The lowest BCUT2D eigenvalue weighted by atomic mass is 9.85. The lowest BCUT2D eigenvalue weighted by Gasteiger charge is -2.47. The largest absolute Gasteiger partial charge is 0.493 e. The van der Waals surface area contributed by atoms with Crippen LogP contribution in [0.4, 0.5) is 34.6 Å². The molecule has 1 N–H and O–H groups in total. The average Bonchev–Trinajstić information content (AvgIpc) is 2.86. The van der Waals surface area contributed by atoms with Gasteiger partial charge in [-0.2, -0.15) is 25.9 Å². The maximum atomic E-state index is 15.0. The molecular weight excluding hydrogens is 598 g/mol. The molecule has 0 spiro atoms. The zero-order valence-corrected chi connectivity index (χ0v) is 23.6. The van der Waals surface area contributed by atoms with Gasteiger partial charge >= 0.3 is 22.4 Å². The van der Waals surface area contributed by atoms with Crippen molar-refractivity contribution in [3.8, 4) is 0 Å². The molecule has 0 atom stereocenters. The molecule has 1 fully saturated rings. The Morgan fingerprint density at radius 1 is 1.24 bits per heavy atom. The summed E-state index contributed by atoms with van der Waals surface area (Å²) in [6.07, 6.45) is -4.24. The quantitative estimate of drug-likeness (QED) is 0.298. The number of aromatic nitrogens is 2. The van der Waals surface area contributed by atoms with Crippen LogP contribution in [0.5, 0.6) is 0 Å². The number of rotatable bonds is 8. The van der Waals surface area contributed by atoms with E-state index < -0.39 is 55.5 Å². The SMILES string of the molecule is COCC1(C)CN(S(=O)(=O)N(OC(=O)C(F)(F)F)c2ccc(F)c(Nc3ccc4ncn(C)c(=O)c4c3C)c2Cl)C1. The van der Waals surface area contributed by atoms with E-state index in [2.05, 4.69) is 15.1 Å². The number of carbonyl (C=O) groups excluding carboxylic acids is 1. The van der Waals surface area contributed by atoms with Gasteiger partial charge in [0.05, 0.1) is 34.5 Å². The van der Waals surface area contributed by atoms with Crippen LogP contribution in [-0.2, 0) is 31.6 Å². The number of benzene rings is 2. The predicted octanol–water partition coefficient (Wildman–Crippen LogP) is 3.82. The lowest BCUT2D eigenvalue weighted by Crippen LogP contribution is -2.62. The van der Waals surface area contributed by atoms with Gasteiger partial charge in [-0.25, -0.2) is 14.2 Å². The lowest BCUT2D eigenvalue weighted by molar-refractivity contribution is -0.199. The summed E-state index contributed by atoms with van der Waals surface area (Å²) in [5.41, 5.74) is -1.53. The summed E-state index contributed by atoms with van der Waals surface area (Å²) < 4.78 is 88.0. The minimum absolute atomic E-state index is 0.149. The Bertz CT molecular complexity index is 1690. The van der Waals surface area contributed by atoms with Gasteiger partial charge in [-0.3, -0.25) is 4.79 Å². The molecule has 0 saturated carbocycles. The van der Waals surface area contributed by atoms with Crippen molar-refractivity contribution in [3.05, 3.63) is 57.3 Å². The van der Waals surface area contributed by atoms with Crippen LogP contribution < -0.4 is 15.3 Å². The summed E-state index contributed by atoms with van der Waals surface area (Å²) in [6, 6.07) is 4.42. The van der Waals surface area contributed by atoms with Crippen molar-refractivity contribution in [1.82, 2.24) is 13.9 Å². The molecule has 4 rings (SSSR count). The van der Waals surface area contributed by atoms with Crippen LogP contribution in [0.25, 0.3) is 10.9 Å². The van der Waals surface area contributed by atoms with E-state index in [-0.39, 0.29) is 35.2 Å². The van der Waals surface area contributed by atoms with Gasteiger partial charge in [0.25, 0.3) is 5.56 Å². The van der Waals surface area contributed by atoms with E-state index in [9.17, 15) is 31.2 Å². The Morgan fingerprint density at radius 2 is 1.90 bits per heavy atom. The summed E-state index contributed by atoms with van der Waals surface area (Å²) in [6.45, 7) is 3.04. The van der Waals surface area contributed by atoms with Gasteiger partial charge in [-0.05, 0) is 36.8 Å². The van der Waals surface area contributed by atoms with Crippen molar-refractivity contribution in [2.75, 3.05) is 36.6 Å². The van der Waals surface area contributed by atoms with Crippen molar-refractivity contribution in [1.29, 1.82) is 0 Å². The Balaban J connectivity index is 1.79. The zero-order chi connectivity index (χ0) is 30.5. The number of halogens is 5. The number of fused-ring (bicyclic) bond motifs is 1. The normalized spacial score (nSPS) is 15.4. The van der Waals surface area contributed by atoms with Crippen LogP contribution in [0.1, 0.15) is 12.5 Å². The van der Waals surface area contributed by atoms with Gasteiger partial charge in [-0.1, -0.05) is 23.0 Å². The molecule has 0 amide bonds. The van der Waals surface area contributed by atoms with Crippen LogP contribution in [0, 0.1) is 18.2 Å². The Hall–Kier alpha value is -3.47. The van der Waals surface area contributed by atoms with Crippen LogP contribution >= 0.6 is 11.6 Å². The van der Waals surface area contributed by atoms with Gasteiger partial charge in [0.15, 0.2) is 0 Å². The molecule has 17 heteroatoms. The van der Waals surface area contributed by atoms with Crippen LogP contribution in [-0.4, -0.2) is 61.2 Å². The molecule has 0 aliphatic carbocycles. The first-order valence-electron chi connectivity index (χ1n) is 11.8. The number of aryl methyl sites for hydroxylation is 2. The van der Waals surface area contributed by atoms with Crippen LogP contribution in [0.2, 0.25) is 5.02 Å². The molecule has 1 aliphatic rings. The van der Waals surface area contributed by atoms with Gasteiger partial charge in [0, 0.05) is 38.3 Å². The van der Waals surface area contributed by atoms with E-state index in [0.29, 0.717) is 11.1 Å². The first kappa shape index (κ1) is 30.5. The highest BCUT2D eigenvalue weighted by atomic mass is 35.5. The number of hydrogen-bond donors (Lipinski definition) is 1. The van der Waals surface area contributed by atoms with E-state index in [1.54, 1.807) is 13.8 Å². The Labute approximate surface area is 236 Å². The summed E-state index contributed by atoms with van der Waals surface area (Å²) in [7, 11) is -2.06. The van der Waals surface area contributed by atoms with E-state index in [1.165, 1.54) is 37.2 Å². The topological polar surface area (TPSA) is 123 Å². The Kier molecular flexibility index (Phi) is 7.99. The molecule has 0 bridgehead atoms. The minimum Gasteiger partial charge on any atom is -0.384 e. The summed E-state index contributed by atoms with van der Waals surface area (Å²) in [5, 5.41) is 2.15. The van der Waals surface area contributed by atoms with Crippen molar-refractivity contribution < 1.29 is 40.3 Å². The fraction of sp³-hybridized carbons (Fsp3) is 0.375. The van der Waals surface area contributed by atoms with E-state index in [0.717, 1.165) is 16.4 Å². The van der Waals surface area contributed by atoms with E-state index >= 15 is 4.39 Å². The maximum absolute atomic E-state index is 15.0. The average molecular weight is 622 g/mol. The summed E-state index contributed by atoms with van der Waals surface area (Å²) in [4.78, 5) is 32.9. The highest BCUT2D eigenvalue weighted by Crippen LogP contribution is 2.42. The van der Waals surface area contributed by atoms with Gasteiger partial charge in [0.1, 0.15) is 11.5 Å². The van der Waals surface area contributed by atoms with Gasteiger partial charge < -0.3 is 19.5 Å². The molecule has 1 saturated heterocycles. The number of carbonyl (C=O) groups is 1.